The third-order valence-electron chi connectivity index (χ3n) is 4.71. The van der Waals surface area contributed by atoms with Crippen molar-refractivity contribution in [3.63, 3.8) is 0 Å². The van der Waals surface area contributed by atoms with Gasteiger partial charge >= 0.3 is 5.97 Å². The number of nitrogens with one attached hydrogen (secondary N) is 1. The van der Waals surface area contributed by atoms with Crippen LogP contribution >= 0.6 is 11.6 Å². The predicted molar refractivity (Wildman–Crippen MR) is 112 cm³/mol. The molecule has 0 fully saturated rings. The number of esters is 1. The summed E-state index contributed by atoms with van der Waals surface area (Å²) in [5.41, 5.74) is 2.42. The van der Waals surface area contributed by atoms with Crippen molar-refractivity contribution in [2.45, 2.75) is 20.0 Å². The summed E-state index contributed by atoms with van der Waals surface area (Å²) in [5.74, 6) is 0.177. The van der Waals surface area contributed by atoms with Gasteiger partial charge in [0.2, 0.25) is 6.79 Å². The van der Waals surface area contributed by atoms with Crippen molar-refractivity contribution >= 4 is 23.5 Å². The SMILES string of the molecule is Cc1nn(Cc2ccccc2)c(Cl)c1C(=O)OCC(=O)NCc1ccc2c(c1)OCO2. The molecule has 1 aliphatic rings. The highest BCUT2D eigenvalue weighted by atomic mass is 35.5. The normalized spacial score (nSPS) is 11.9. The van der Waals surface area contributed by atoms with Gasteiger partial charge in [0.1, 0.15) is 10.7 Å². The van der Waals surface area contributed by atoms with Crippen LogP contribution in [0.4, 0.5) is 0 Å². The fourth-order valence-corrected chi connectivity index (χ4v) is 3.46. The Morgan fingerprint density at radius 1 is 1.13 bits per heavy atom. The monoisotopic (exact) mass is 441 g/mol. The van der Waals surface area contributed by atoms with Gasteiger partial charge in [0, 0.05) is 6.54 Å². The lowest BCUT2D eigenvalue weighted by Crippen LogP contribution is -2.28. The van der Waals surface area contributed by atoms with Crippen LogP contribution in [-0.2, 0) is 22.6 Å². The average Bonchev–Trinajstić information content (AvgIpc) is 3.34. The maximum absolute atomic E-state index is 12.5. The molecule has 0 saturated heterocycles. The lowest BCUT2D eigenvalue weighted by Gasteiger charge is -2.08. The first-order valence-corrected chi connectivity index (χ1v) is 9.98. The lowest BCUT2D eigenvalue weighted by molar-refractivity contribution is -0.124. The van der Waals surface area contributed by atoms with Crippen molar-refractivity contribution < 1.29 is 23.8 Å². The molecule has 0 spiro atoms. The zero-order valence-electron chi connectivity index (χ0n) is 16.8. The largest absolute Gasteiger partial charge is 0.454 e. The topological polar surface area (TPSA) is 91.7 Å². The summed E-state index contributed by atoms with van der Waals surface area (Å²) in [4.78, 5) is 24.6. The zero-order valence-corrected chi connectivity index (χ0v) is 17.5. The van der Waals surface area contributed by atoms with Crippen molar-refractivity contribution in [3.8, 4) is 11.5 Å². The van der Waals surface area contributed by atoms with E-state index in [1.807, 2.05) is 36.4 Å². The number of carbonyl (C=O) groups is 2. The number of carbonyl (C=O) groups excluding carboxylic acids is 2. The molecule has 31 heavy (non-hydrogen) atoms. The molecule has 0 atom stereocenters. The van der Waals surface area contributed by atoms with Gasteiger partial charge in [-0.25, -0.2) is 9.48 Å². The van der Waals surface area contributed by atoms with Gasteiger partial charge in [0.15, 0.2) is 18.1 Å². The number of aryl methyl sites for hydroxylation is 1. The fourth-order valence-electron chi connectivity index (χ4n) is 3.15. The van der Waals surface area contributed by atoms with E-state index >= 15 is 0 Å². The van der Waals surface area contributed by atoms with Gasteiger partial charge in [-0.05, 0) is 30.2 Å². The van der Waals surface area contributed by atoms with E-state index in [9.17, 15) is 9.59 Å². The van der Waals surface area contributed by atoms with Crippen LogP contribution in [0.5, 0.6) is 11.5 Å². The van der Waals surface area contributed by atoms with Crippen LogP contribution in [-0.4, -0.2) is 35.1 Å². The Kier molecular flexibility index (Phi) is 6.08. The third-order valence-corrected chi connectivity index (χ3v) is 5.09. The van der Waals surface area contributed by atoms with Gasteiger partial charge in [-0.1, -0.05) is 48.0 Å². The highest BCUT2D eigenvalue weighted by Gasteiger charge is 2.22. The van der Waals surface area contributed by atoms with Crippen LogP contribution in [0.3, 0.4) is 0 Å². The zero-order chi connectivity index (χ0) is 21.8. The van der Waals surface area contributed by atoms with E-state index in [2.05, 4.69) is 10.4 Å². The molecule has 1 aliphatic heterocycles. The van der Waals surface area contributed by atoms with Crippen LogP contribution < -0.4 is 14.8 Å². The minimum Gasteiger partial charge on any atom is -0.454 e. The molecule has 0 aliphatic carbocycles. The summed E-state index contributed by atoms with van der Waals surface area (Å²) in [6.07, 6.45) is 0. The van der Waals surface area contributed by atoms with Gasteiger partial charge in [-0.15, -0.1) is 0 Å². The molecule has 2 heterocycles. The second-order valence-electron chi connectivity index (χ2n) is 6.93. The molecule has 0 bridgehead atoms. The van der Waals surface area contributed by atoms with Crippen molar-refractivity contribution in [2.24, 2.45) is 0 Å². The first-order valence-electron chi connectivity index (χ1n) is 9.60. The number of nitrogens with zero attached hydrogens (tertiary/aromatic N) is 2. The van der Waals surface area contributed by atoms with Gasteiger partial charge in [-0.2, -0.15) is 5.10 Å². The molecule has 160 valence electrons. The van der Waals surface area contributed by atoms with E-state index in [1.165, 1.54) is 4.68 Å². The van der Waals surface area contributed by atoms with Crippen LogP contribution in [0, 0.1) is 6.92 Å². The third kappa shape index (κ3) is 4.80. The Labute approximate surface area is 183 Å². The molecule has 4 rings (SSSR count). The molecule has 0 saturated carbocycles. The van der Waals surface area contributed by atoms with Gasteiger partial charge < -0.3 is 19.5 Å². The van der Waals surface area contributed by atoms with E-state index < -0.39 is 18.5 Å². The Bertz CT molecular complexity index is 1110. The van der Waals surface area contributed by atoms with Crippen LogP contribution in [0.25, 0.3) is 0 Å². The lowest BCUT2D eigenvalue weighted by atomic mass is 10.2. The summed E-state index contributed by atoms with van der Waals surface area (Å²) < 4.78 is 17.2. The standard InChI is InChI=1S/C22H20ClN3O5/c1-14-20(21(23)26(25-14)11-15-5-3-2-4-6-15)22(28)29-12-19(27)24-10-16-7-8-17-18(9-16)31-13-30-17/h2-9H,10-13H2,1H3,(H,24,27). The molecule has 9 heteroatoms. The van der Waals surface area contributed by atoms with E-state index in [1.54, 1.807) is 19.1 Å². The maximum Gasteiger partial charge on any atom is 0.343 e. The summed E-state index contributed by atoms with van der Waals surface area (Å²) in [6.45, 7) is 2.11. The first-order chi connectivity index (χ1) is 15.0. The number of halogens is 1. The van der Waals surface area contributed by atoms with E-state index in [0.717, 1.165) is 11.1 Å². The summed E-state index contributed by atoms with van der Waals surface area (Å²) in [5, 5.41) is 7.19. The molecule has 2 aromatic carbocycles. The van der Waals surface area contributed by atoms with Gasteiger partial charge in [-0.3, -0.25) is 4.79 Å². The minimum absolute atomic E-state index is 0.154. The van der Waals surface area contributed by atoms with Crippen molar-refractivity contribution in [3.05, 3.63) is 76.1 Å². The van der Waals surface area contributed by atoms with E-state index in [-0.39, 0.29) is 24.1 Å². The van der Waals surface area contributed by atoms with Crippen molar-refractivity contribution in [1.82, 2.24) is 15.1 Å². The molecule has 8 nitrogen and oxygen atoms in total. The Morgan fingerprint density at radius 2 is 1.90 bits per heavy atom. The summed E-state index contributed by atoms with van der Waals surface area (Å²) in [6, 6.07) is 15.0. The molecule has 1 aromatic heterocycles. The smallest absolute Gasteiger partial charge is 0.343 e. The average molecular weight is 442 g/mol. The Balaban J connectivity index is 1.31. The summed E-state index contributed by atoms with van der Waals surface area (Å²) >= 11 is 6.35. The molecule has 1 amide bonds. The summed E-state index contributed by atoms with van der Waals surface area (Å²) in [7, 11) is 0. The number of aromatic nitrogens is 2. The number of amides is 1. The number of rotatable bonds is 7. The second kappa shape index (κ2) is 9.09. The van der Waals surface area contributed by atoms with E-state index in [4.69, 9.17) is 25.8 Å². The Hall–Kier alpha value is -3.52. The predicted octanol–water partition coefficient (Wildman–Crippen LogP) is 3.10. The number of benzene rings is 2. The van der Waals surface area contributed by atoms with Gasteiger partial charge in [0.25, 0.3) is 5.91 Å². The highest BCUT2D eigenvalue weighted by molar-refractivity contribution is 6.32. The maximum atomic E-state index is 12.5. The fraction of sp³-hybridized carbons (Fsp3) is 0.227. The highest BCUT2D eigenvalue weighted by Crippen LogP contribution is 2.32. The molecular weight excluding hydrogens is 422 g/mol. The number of hydrogen-bond acceptors (Lipinski definition) is 6. The number of hydrogen-bond donors (Lipinski definition) is 1. The van der Waals surface area contributed by atoms with Crippen LogP contribution in [0.2, 0.25) is 5.15 Å². The first kappa shape index (κ1) is 20.7. The minimum atomic E-state index is -0.694. The van der Waals surface area contributed by atoms with E-state index in [0.29, 0.717) is 23.7 Å². The van der Waals surface area contributed by atoms with Gasteiger partial charge in [0.05, 0.1) is 12.2 Å². The molecule has 1 N–H and O–H groups in total. The van der Waals surface area contributed by atoms with Crippen molar-refractivity contribution in [2.75, 3.05) is 13.4 Å². The second-order valence-corrected chi connectivity index (χ2v) is 7.29. The molecule has 0 radical (unpaired) electrons. The number of ether oxygens (including phenoxy) is 3. The number of fused-ring (bicyclic) bond motifs is 1. The molecular formula is C22H20ClN3O5. The molecule has 3 aromatic rings. The molecule has 0 unspecified atom stereocenters. The Morgan fingerprint density at radius 3 is 2.71 bits per heavy atom. The van der Waals surface area contributed by atoms with Crippen molar-refractivity contribution in [1.29, 1.82) is 0 Å². The van der Waals surface area contributed by atoms with Crippen LogP contribution in [0.1, 0.15) is 27.2 Å². The van der Waals surface area contributed by atoms with Crippen LogP contribution in [0.15, 0.2) is 48.5 Å². The quantitative estimate of drug-likeness (QED) is 0.566.